The van der Waals surface area contributed by atoms with Gasteiger partial charge in [0, 0.05) is 0 Å². The van der Waals surface area contributed by atoms with Crippen LogP contribution in [0, 0.1) is 0 Å². The zero-order chi connectivity index (χ0) is 39.1. The van der Waals surface area contributed by atoms with Crippen LogP contribution < -0.4 is 41.5 Å². The van der Waals surface area contributed by atoms with Gasteiger partial charge >= 0.3 is 11.3 Å². The Morgan fingerprint density at radius 3 is 1.84 bits per heavy atom. The van der Waals surface area contributed by atoms with Crippen molar-refractivity contribution in [3.05, 3.63) is 33.4 Å². The maximum atomic E-state index is 12.3. The minimum Gasteiger partial charge on any atom is -0.756 e. The van der Waals surface area contributed by atoms with Gasteiger partial charge in [-0.25, -0.2) is 9.13 Å². The summed E-state index contributed by atoms with van der Waals surface area (Å²) in [5, 5.41) is 42.0. The highest BCUT2D eigenvalue weighted by molar-refractivity contribution is 7.46. The summed E-state index contributed by atoms with van der Waals surface area (Å²) in [5.74, 6) is -0.430. The van der Waals surface area contributed by atoms with Crippen LogP contribution in [0.4, 0.5) is 11.9 Å². The number of nitrogen functional groups attached to an aromatic ring is 2. The number of aromatic amines is 3. The maximum absolute atomic E-state index is 12.3. The normalized spacial score (nSPS) is 27.7. The highest BCUT2D eigenvalue weighted by atomic mass is 31.2. The predicted octanol–water partition coefficient (Wildman–Crippen LogP) is -5.84. The zero-order valence-corrected chi connectivity index (χ0v) is 29.7. The number of nitrogens with zero attached hydrogens (tertiary/aromatic N) is 5. The third kappa shape index (κ3) is 9.12. The van der Waals surface area contributed by atoms with Crippen molar-refractivity contribution < 1.29 is 80.8 Å². The van der Waals surface area contributed by atoms with Crippen molar-refractivity contribution in [2.75, 3.05) is 51.1 Å². The first-order chi connectivity index (χ1) is 25.5. The van der Waals surface area contributed by atoms with E-state index in [4.69, 9.17) is 39.2 Å². The monoisotopic (exact) mass is 826 g/mol. The number of hydrogen-bond acceptors (Lipinski definition) is 21. The molecule has 2 aliphatic rings. The molecular formula is C26H40N10O17P2. The largest absolute Gasteiger partial charge is 0.756 e. The van der Waals surface area contributed by atoms with Crippen molar-refractivity contribution in [1.29, 1.82) is 0 Å². The van der Waals surface area contributed by atoms with Crippen molar-refractivity contribution >= 4 is 49.9 Å². The molecule has 6 heterocycles. The second-order valence-corrected chi connectivity index (χ2v) is 14.8. The molecule has 55 heavy (non-hydrogen) atoms. The number of aromatic nitrogens is 8. The van der Waals surface area contributed by atoms with E-state index < -0.39 is 102 Å². The Kier molecular flexibility index (Phi) is 12.9. The molecule has 27 nitrogen and oxygen atoms in total. The van der Waals surface area contributed by atoms with E-state index in [0.29, 0.717) is 0 Å². The van der Waals surface area contributed by atoms with Crippen LogP contribution in [0.1, 0.15) is 19.9 Å². The zero-order valence-electron chi connectivity index (χ0n) is 27.9. The van der Waals surface area contributed by atoms with Crippen molar-refractivity contribution in [3.63, 3.8) is 0 Å². The third-order valence-corrected chi connectivity index (χ3v) is 10.2. The van der Waals surface area contributed by atoms with Gasteiger partial charge in [0.25, 0.3) is 38.7 Å². The van der Waals surface area contributed by atoms with Gasteiger partial charge in [-0.1, -0.05) is 17.4 Å². The Morgan fingerprint density at radius 1 is 0.800 bits per heavy atom. The molecule has 10 atom stereocenters. The lowest BCUT2D eigenvalue weighted by Gasteiger charge is -2.25. The molecule has 0 amide bonds. The number of nitrogens with one attached hydrogen (secondary N) is 3. The van der Waals surface area contributed by atoms with Gasteiger partial charge in [-0.15, -0.1) is 0 Å². The van der Waals surface area contributed by atoms with Crippen LogP contribution >= 0.6 is 15.6 Å². The quantitative estimate of drug-likeness (QED) is 0.0288. The summed E-state index contributed by atoms with van der Waals surface area (Å²) < 4.78 is 63.6. The first-order valence-electron chi connectivity index (χ1n) is 15.8. The second kappa shape index (κ2) is 16.8. The molecule has 0 aliphatic carbocycles. The molecule has 2 aliphatic heterocycles. The van der Waals surface area contributed by atoms with E-state index in [2.05, 4.69) is 29.4 Å². The SMILES string of the molecule is C.Cn1c[n+](C2O[C@H](COP(=O)([O-])OCCOCCOP(=O)([O-])OCC3O[C@@H]([n+]4c[nH]c5c(=O)[nH]c(N)nc54)[C@H](O)[C@@H]3O)[C@@H](O)[C@H]2O)c2nc(N)[nH]c(=O)c21. The van der Waals surface area contributed by atoms with Crippen LogP contribution in [-0.4, -0.2) is 126 Å². The molecule has 0 radical (unpaired) electrons. The average molecular weight is 827 g/mol. The number of hydrogen-bond donors (Lipinski definition) is 9. The molecule has 6 rings (SSSR count). The van der Waals surface area contributed by atoms with E-state index in [1.165, 1.54) is 33.4 Å². The van der Waals surface area contributed by atoms with Gasteiger partial charge < -0.3 is 74.0 Å². The number of aliphatic hydroxyl groups is 4. The maximum Gasteiger partial charge on any atom is 0.313 e. The Hall–Kier alpha value is -3.76. The van der Waals surface area contributed by atoms with Crippen LogP contribution in [0.25, 0.3) is 22.3 Å². The summed E-state index contributed by atoms with van der Waals surface area (Å²) >= 11 is 0. The average Bonchev–Trinajstić information content (AvgIpc) is 3.82. The summed E-state index contributed by atoms with van der Waals surface area (Å²) in [7, 11) is -8.45. The molecule has 2 fully saturated rings. The number of phosphoric ester groups is 2. The van der Waals surface area contributed by atoms with Gasteiger partial charge in [-0.3, -0.25) is 38.2 Å². The molecule has 0 saturated carbocycles. The lowest BCUT2D eigenvalue weighted by molar-refractivity contribution is -0.746. The molecule has 0 aromatic carbocycles. The summed E-state index contributed by atoms with van der Waals surface area (Å²) in [6.07, 6.45) is -9.08. The van der Waals surface area contributed by atoms with E-state index in [9.17, 15) is 48.9 Å². The summed E-state index contributed by atoms with van der Waals surface area (Å²) in [5.41, 5.74) is 10.2. The highest BCUT2D eigenvalue weighted by Gasteiger charge is 2.48. The van der Waals surface area contributed by atoms with E-state index in [-0.39, 0.29) is 54.9 Å². The molecule has 4 aromatic heterocycles. The first kappa shape index (κ1) is 42.4. The van der Waals surface area contributed by atoms with Crippen LogP contribution in [0.3, 0.4) is 0 Å². The van der Waals surface area contributed by atoms with Gasteiger partial charge in [0.05, 0.1) is 46.7 Å². The van der Waals surface area contributed by atoms with E-state index in [1.807, 2.05) is 0 Å². The first-order valence-corrected chi connectivity index (χ1v) is 18.7. The van der Waals surface area contributed by atoms with Gasteiger partial charge in [-0.05, 0) is 0 Å². The smallest absolute Gasteiger partial charge is 0.313 e. The molecule has 4 unspecified atom stereocenters. The van der Waals surface area contributed by atoms with Gasteiger partial charge in [0.1, 0.15) is 36.6 Å². The van der Waals surface area contributed by atoms with Gasteiger partial charge in [0.15, 0.2) is 12.7 Å². The Bertz CT molecular complexity index is 2200. The molecule has 11 N–H and O–H groups in total. The van der Waals surface area contributed by atoms with Crippen molar-refractivity contribution in [2.45, 2.75) is 56.5 Å². The fraction of sp³-hybridized carbons (Fsp3) is 0.615. The van der Waals surface area contributed by atoms with Crippen LogP contribution in [-0.2, 0) is 48.5 Å². The van der Waals surface area contributed by atoms with Gasteiger partial charge in [0.2, 0.25) is 23.5 Å². The Balaban J connectivity index is 0.00000580. The number of nitrogens with two attached hydrogens (primary N) is 2. The number of ether oxygens (including phenoxy) is 3. The molecule has 2 saturated heterocycles. The minimum absolute atomic E-state index is 0. The van der Waals surface area contributed by atoms with Crippen molar-refractivity contribution in [3.8, 4) is 0 Å². The fourth-order valence-corrected chi connectivity index (χ4v) is 7.16. The molecule has 4 aromatic rings. The van der Waals surface area contributed by atoms with Crippen LogP contribution in [0.5, 0.6) is 0 Å². The number of H-pyrrole nitrogens is 3. The van der Waals surface area contributed by atoms with Crippen LogP contribution in [0.2, 0.25) is 0 Å². The van der Waals surface area contributed by atoms with E-state index >= 15 is 0 Å². The molecule has 0 spiro atoms. The fourth-order valence-electron chi connectivity index (χ4n) is 5.76. The lowest BCUT2D eigenvalue weighted by atomic mass is 10.1. The number of fused-ring (bicyclic) bond motifs is 2. The highest BCUT2D eigenvalue weighted by Crippen LogP contribution is 2.41. The van der Waals surface area contributed by atoms with Crippen molar-refractivity contribution in [2.24, 2.45) is 7.05 Å². The van der Waals surface area contributed by atoms with Gasteiger partial charge in [-0.2, -0.15) is 0 Å². The Labute approximate surface area is 308 Å². The summed E-state index contributed by atoms with van der Waals surface area (Å²) in [6, 6.07) is 0. The number of phosphoric acid groups is 2. The number of imidazole rings is 2. The number of anilines is 2. The van der Waals surface area contributed by atoms with E-state index in [0.717, 1.165) is 0 Å². The van der Waals surface area contributed by atoms with E-state index in [1.54, 1.807) is 0 Å². The van der Waals surface area contributed by atoms with Crippen LogP contribution in [0.15, 0.2) is 22.2 Å². The molecule has 306 valence electrons. The van der Waals surface area contributed by atoms with Crippen molar-refractivity contribution in [1.82, 2.24) is 29.5 Å². The number of aliphatic hydroxyl groups excluding tert-OH is 4. The summed E-state index contributed by atoms with van der Waals surface area (Å²) in [4.78, 5) is 64.2. The topological polar surface area (TPSA) is 398 Å². The summed E-state index contributed by atoms with van der Waals surface area (Å²) in [6.45, 7) is -3.38. The molecular weight excluding hydrogens is 786 g/mol. The standard InChI is InChI=1S/C25H36N10O17P2.CH4/c1-33-9-35(19-13(33)21(41)32-25(27)30-19)23-17(39)15(37)11(52-23)7-50-54(44,45)48-5-3-46-2-4-47-53(42,43)49-6-10-14(36)16(38)22(51-10)34-8-28-12-18(34)29-24(26)31-20(12)40;/h8-11,14-17,22-23,36-39H,2-7H2,1H3,(H7-,26,27,29,30,31,32,40,41,42,43,44,45);1H4/t10?,11-,14-,15-,16-,17-,22-,23?;/m1./s1. The predicted molar refractivity (Wildman–Crippen MR) is 176 cm³/mol. The number of rotatable bonds is 16. The second-order valence-electron chi connectivity index (χ2n) is 11.9. The third-order valence-electron chi connectivity index (χ3n) is 8.27. The lowest BCUT2D eigenvalue weighted by Crippen LogP contribution is -2.46. The molecule has 0 bridgehead atoms. The number of aryl methyl sites for hydroxylation is 1. The Morgan fingerprint density at radius 2 is 1.29 bits per heavy atom. The molecule has 29 heteroatoms. The minimum atomic E-state index is -4.99.